The van der Waals surface area contributed by atoms with Gasteiger partial charge in [0.2, 0.25) is 0 Å². The number of carbonyl (C=O) groups excluding carboxylic acids is 1. The van der Waals surface area contributed by atoms with Crippen LogP contribution in [-0.4, -0.2) is 39.9 Å². The second-order valence-corrected chi connectivity index (χ2v) is 14.6. The number of aliphatic hydroxyl groups excluding tert-OH is 2. The fraction of sp³-hybridized carbons (Fsp3) is 0.900. The first-order chi connectivity index (χ1) is 15.6. The number of hydrogen-bond acceptors (Lipinski definition) is 4. The molecule has 0 aromatic carbocycles. The number of allylic oxidation sites excluding steroid dienone is 2. The van der Waals surface area contributed by atoms with Crippen molar-refractivity contribution in [2.75, 3.05) is 0 Å². The van der Waals surface area contributed by atoms with Gasteiger partial charge in [0, 0.05) is 11.8 Å². The van der Waals surface area contributed by atoms with Gasteiger partial charge >= 0.3 is 0 Å². The Morgan fingerprint density at radius 1 is 1.00 bits per heavy atom. The van der Waals surface area contributed by atoms with Gasteiger partial charge in [-0.3, -0.25) is 4.79 Å². The number of Topliss-reactive ketones (excluding diaryl/α,β-unsaturated/α-hetero) is 1. The molecule has 1 saturated heterocycles. The molecule has 34 heavy (non-hydrogen) atoms. The van der Waals surface area contributed by atoms with Gasteiger partial charge in [0.05, 0.1) is 11.7 Å². The summed E-state index contributed by atoms with van der Waals surface area (Å²) in [6.45, 7) is 17.9. The zero-order valence-electron chi connectivity index (χ0n) is 22.8. The summed E-state index contributed by atoms with van der Waals surface area (Å²) < 4.78 is 6.28. The van der Waals surface area contributed by atoms with E-state index in [-0.39, 0.29) is 33.7 Å². The number of ether oxygens (including phenoxy) is 1. The minimum absolute atomic E-state index is 0.145. The highest BCUT2D eigenvalue weighted by molar-refractivity contribution is 5.85. The van der Waals surface area contributed by atoms with Gasteiger partial charge in [-0.1, -0.05) is 53.2 Å². The average Bonchev–Trinajstić information content (AvgIpc) is 3.15. The lowest BCUT2D eigenvalue weighted by Crippen LogP contribution is -2.57. The van der Waals surface area contributed by atoms with Crippen LogP contribution >= 0.6 is 0 Å². The number of fused-ring (bicyclic) bond motifs is 5. The molecule has 3 saturated carbocycles. The molecule has 1 aliphatic heterocycles. The van der Waals surface area contributed by atoms with Crippen molar-refractivity contribution in [2.24, 2.45) is 45.3 Å². The van der Waals surface area contributed by atoms with Crippen LogP contribution in [0.5, 0.6) is 0 Å². The fourth-order valence-corrected chi connectivity index (χ4v) is 10.1. The molecule has 0 aromatic heterocycles. The molecule has 0 amide bonds. The van der Waals surface area contributed by atoms with Gasteiger partial charge in [-0.25, -0.2) is 0 Å². The Hall–Kier alpha value is -0.710. The Bertz CT molecular complexity index is 903. The lowest BCUT2D eigenvalue weighted by Gasteiger charge is -2.63. The molecule has 4 nitrogen and oxygen atoms in total. The molecule has 5 rings (SSSR count). The van der Waals surface area contributed by atoms with Crippen molar-refractivity contribution in [3.63, 3.8) is 0 Å². The molecule has 0 aromatic rings. The van der Waals surface area contributed by atoms with Gasteiger partial charge in [0.1, 0.15) is 18.0 Å². The summed E-state index contributed by atoms with van der Waals surface area (Å²) in [7, 11) is 0. The minimum atomic E-state index is -0.841. The standard InChI is InChI=1S/C30H48O4/c1-17(24-23(32)25(33)27(4,5)34-24)18-11-15-30(8)20-9-10-21-26(2,3)22(31)13-14-28(21,6)19(20)12-16-29(18,30)7/h9,17-19,21,23-25,32-33H,10-16H2,1-8H3/t17-,18?,19+,21+,23+,24-,25+,28-,29+,30-/m1/s1. The van der Waals surface area contributed by atoms with Crippen LogP contribution in [0.4, 0.5) is 0 Å². The molecule has 10 atom stereocenters. The molecule has 0 spiro atoms. The highest BCUT2D eigenvalue weighted by Gasteiger charge is 2.66. The Kier molecular flexibility index (Phi) is 5.44. The van der Waals surface area contributed by atoms with Crippen molar-refractivity contribution in [1.82, 2.24) is 0 Å². The molecule has 0 bridgehead atoms. The molecule has 1 heterocycles. The fourth-order valence-electron chi connectivity index (χ4n) is 10.1. The van der Waals surface area contributed by atoms with Crippen molar-refractivity contribution in [3.05, 3.63) is 11.6 Å². The first kappa shape index (κ1) is 25.0. The summed E-state index contributed by atoms with van der Waals surface area (Å²) in [6, 6.07) is 0. The molecule has 0 radical (unpaired) electrons. The van der Waals surface area contributed by atoms with Crippen LogP contribution in [0.1, 0.15) is 100 Å². The largest absolute Gasteiger partial charge is 0.388 e. The summed E-state index contributed by atoms with van der Waals surface area (Å²) in [4.78, 5) is 12.8. The number of aliphatic hydroxyl groups is 2. The second kappa shape index (κ2) is 7.42. The molecule has 1 unspecified atom stereocenters. The monoisotopic (exact) mass is 472 g/mol. The predicted octanol–water partition coefficient (Wildman–Crippen LogP) is 5.70. The zero-order chi connectivity index (χ0) is 25.1. The summed E-state index contributed by atoms with van der Waals surface area (Å²) in [5, 5.41) is 21.5. The van der Waals surface area contributed by atoms with E-state index < -0.39 is 17.8 Å². The van der Waals surface area contributed by atoms with Crippen LogP contribution in [0.15, 0.2) is 11.6 Å². The number of hydrogen-bond donors (Lipinski definition) is 2. The maximum atomic E-state index is 12.8. The lowest BCUT2D eigenvalue weighted by molar-refractivity contribution is -0.146. The SMILES string of the molecule is C[C@H](C1CC[C@]2(C)C3=CC[C@H]4C(C)(C)C(=O)CC[C@]4(C)[C@H]3CC[C@@]12C)[C@H]1OC(C)(C)[C@@H](O)[C@H]1O. The zero-order valence-corrected chi connectivity index (χ0v) is 22.8. The summed E-state index contributed by atoms with van der Waals surface area (Å²) in [5.41, 5.74) is 1.24. The van der Waals surface area contributed by atoms with Crippen LogP contribution < -0.4 is 0 Å². The van der Waals surface area contributed by atoms with E-state index in [9.17, 15) is 15.0 Å². The number of ketones is 1. The molecular formula is C30H48O4. The molecule has 4 fully saturated rings. The third-order valence-electron chi connectivity index (χ3n) is 12.6. The van der Waals surface area contributed by atoms with Crippen LogP contribution in [0.2, 0.25) is 0 Å². The van der Waals surface area contributed by atoms with Crippen LogP contribution in [0, 0.1) is 45.3 Å². The Balaban J connectivity index is 1.47. The van der Waals surface area contributed by atoms with Gasteiger partial charge in [-0.2, -0.15) is 0 Å². The van der Waals surface area contributed by atoms with E-state index in [1.165, 1.54) is 19.3 Å². The van der Waals surface area contributed by atoms with Gasteiger partial charge in [0.25, 0.3) is 0 Å². The van der Waals surface area contributed by atoms with E-state index in [0.29, 0.717) is 23.5 Å². The Morgan fingerprint density at radius 2 is 1.68 bits per heavy atom. The van der Waals surface area contributed by atoms with E-state index >= 15 is 0 Å². The van der Waals surface area contributed by atoms with Gasteiger partial charge in [0.15, 0.2) is 0 Å². The van der Waals surface area contributed by atoms with Gasteiger partial charge in [-0.15, -0.1) is 0 Å². The number of rotatable bonds is 2. The molecular weight excluding hydrogens is 424 g/mol. The average molecular weight is 473 g/mol. The molecule has 2 N–H and O–H groups in total. The Labute approximate surface area is 206 Å². The quantitative estimate of drug-likeness (QED) is 0.506. The van der Waals surface area contributed by atoms with E-state index in [1.807, 2.05) is 13.8 Å². The maximum absolute atomic E-state index is 12.8. The van der Waals surface area contributed by atoms with Crippen molar-refractivity contribution in [1.29, 1.82) is 0 Å². The van der Waals surface area contributed by atoms with Crippen molar-refractivity contribution in [3.8, 4) is 0 Å². The smallest absolute Gasteiger partial charge is 0.138 e. The first-order valence-electron chi connectivity index (χ1n) is 13.9. The van der Waals surface area contributed by atoms with E-state index in [0.717, 1.165) is 25.7 Å². The number of carbonyl (C=O) groups is 1. The van der Waals surface area contributed by atoms with Gasteiger partial charge in [-0.05, 0) is 92.3 Å². The van der Waals surface area contributed by atoms with E-state index in [4.69, 9.17) is 4.74 Å². The van der Waals surface area contributed by atoms with E-state index in [1.54, 1.807) is 5.57 Å². The predicted molar refractivity (Wildman–Crippen MR) is 134 cm³/mol. The molecule has 4 heteroatoms. The topological polar surface area (TPSA) is 66.8 Å². The molecule has 4 aliphatic carbocycles. The third-order valence-corrected chi connectivity index (χ3v) is 12.6. The third kappa shape index (κ3) is 2.97. The second-order valence-electron chi connectivity index (χ2n) is 14.6. The normalized spacial score (nSPS) is 52.4. The van der Waals surface area contributed by atoms with Gasteiger partial charge < -0.3 is 14.9 Å². The molecule has 192 valence electrons. The van der Waals surface area contributed by atoms with Crippen LogP contribution in [-0.2, 0) is 9.53 Å². The van der Waals surface area contributed by atoms with Crippen molar-refractivity contribution >= 4 is 5.78 Å². The first-order valence-corrected chi connectivity index (χ1v) is 13.9. The minimum Gasteiger partial charge on any atom is -0.388 e. The van der Waals surface area contributed by atoms with Crippen molar-refractivity contribution < 1.29 is 19.7 Å². The summed E-state index contributed by atoms with van der Waals surface area (Å²) >= 11 is 0. The van der Waals surface area contributed by atoms with E-state index in [2.05, 4.69) is 47.6 Å². The summed E-state index contributed by atoms with van der Waals surface area (Å²) in [6.07, 6.45) is 8.07. The van der Waals surface area contributed by atoms with Crippen LogP contribution in [0.3, 0.4) is 0 Å². The maximum Gasteiger partial charge on any atom is 0.138 e. The summed E-state index contributed by atoms with van der Waals surface area (Å²) in [5.74, 6) is 2.10. The lowest BCUT2D eigenvalue weighted by atomic mass is 9.41. The Morgan fingerprint density at radius 3 is 2.29 bits per heavy atom. The highest BCUT2D eigenvalue weighted by Crippen LogP contribution is 2.73. The van der Waals surface area contributed by atoms with Crippen molar-refractivity contribution in [2.45, 2.75) is 124 Å². The highest BCUT2D eigenvalue weighted by atomic mass is 16.6. The van der Waals surface area contributed by atoms with Crippen LogP contribution in [0.25, 0.3) is 0 Å². The molecule has 5 aliphatic rings.